The summed E-state index contributed by atoms with van der Waals surface area (Å²) in [5, 5.41) is 2.29. The fourth-order valence-electron chi connectivity index (χ4n) is 2.62. The molecule has 2 aromatic carbocycles. The first kappa shape index (κ1) is 25.5. The molecule has 0 aliphatic heterocycles. The summed E-state index contributed by atoms with van der Waals surface area (Å²) in [4.78, 5) is 23.4. The summed E-state index contributed by atoms with van der Waals surface area (Å²) in [6, 6.07) is 8.53. The van der Waals surface area contributed by atoms with Crippen LogP contribution in [0.5, 0.6) is 0 Å². The predicted octanol–water partition coefficient (Wildman–Crippen LogP) is 2.99. The Balaban J connectivity index is 2.34. The molecule has 1 amide bonds. The number of amides is 1. The molecule has 0 saturated heterocycles. The van der Waals surface area contributed by atoms with E-state index in [4.69, 9.17) is 11.2 Å². The van der Waals surface area contributed by atoms with Gasteiger partial charge in [0.05, 0.1) is 34.8 Å². The first-order valence-electron chi connectivity index (χ1n) is 9.29. The molecular weight excluding hydrogens is 461 g/mol. The average molecular weight is 480 g/mol. The van der Waals surface area contributed by atoms with Gasteiger partial charge >= 0.3 is 12.1 Å². The van der Waals surface area contributed by atoms with Crippen molar-refractivity contribution in [1.82, 2.24) is 5.32 Å². The summed E-state index contributed by atoms with van der Waals surface area (Å²) in [7, 11) is -4.39. The molecule has 0 heterocycles. The third-order valence-electron chi connectivity index (χ3n) is 4.14. The van der Waals surface area contributed by atoms with Crippen LogP contribution >= 0.6 is 0 Å². The van der Waals surface area contributed by atoms with Crippen molar-refractivity contribution in [1.29, 1.82) is 0 Å². The number of alkyl halides is 3. The van der Waals surface area contributed by atoms with Crippen LogP contribution < -0.4 is 9.62 Å². The Bertz CT molecular complexity index is 1190. The van der Waals surface area contributed by atoms with Crippen LogP contribution in [-0.4, -0.2) is 40.0 Å². The first-order chi connectivity index (χ1) is 15.5. The minimum Gasteiger partial charge on any atom is -0.452 e. The van der Waals surface area contributed by atoms with Gasteiger partial charge in [-0.05, 0) is 36.4 Å². The predicted molar refractivity (Wildman–Crippen MR) is 115 cm³/mol. The Kier molecular flexibility index (Phi) is 8.26. The lowest BCUT2D eigenvalue weighted by molar-refractivity contribution is -0.137. The Morgan fingerprint density at radius 2 is 1.88 bits per heavy atom. The molecule has 2 rings (SSSR count). The second kappa shape index (κ2) is 10.7. The van der Waals surface area contributed by atoms with Crippen LogP contribution in [0, 0.1) is 12.3 Å². The number of esters is 1. The summed E-state index contributed by atoms with van der Waals surface area (Å²) >= 11 is 0. The Labute approximate surface area is 188 Å². The van der Waals surface area contributed by atoms with Gasteiger partial charge in [-0.3, -0.25) is 9.10 Å². The molecule has 33 heavy (non-hydrogen) atoms. The summed E-state index contributed by atoms with van der Waals surface area (Å²) in [5.41, 5.74) is -1.43. The normalized spacial score (nSPS) is 11.2. The smallest absolute Gasteiger partial charge is 0.416 e. The number of rotatable bonds is 9. The van der Waals surface area contributed by atoms with E-state index >= 15 is 0 Å². The van der Waals surface area contributed by atoms with Gasteiger partial charge in [-0.25, -0.2) is 13.2 Å². The fraction of sp³-hybridized carbons (Fsp3) is 0.182. The number of ether oxygens (including phenoxy) is 1. The maximum atomic E-state index is 13.2. The number of nitrogens with one attached hydrogen (secondary N) is 1. The third-order valence-corrected chi connectivity index (χ3v) is 5.93. The fourth-order valence-corrected chi connectivity index (χ4v) is 4.10. The molecule has 0 aromatic heterocycles. The molecule has 0 saturated carbocycles. The minimum atomic E-state index is -4.67. The molecule has 0 spiro atoms. The number of benzene rings is 2. The Hall–Kier alpha value is -3.78. The van der Waals surface area contributed by atoms with Gasteiger partial charge in [-0.15, -0.1) is 13.0 Å². The zero-order chi connectivity index (χ0) is 24.6. The van der Waals surface area contributed by atoms with Crippen molar-refractivity contribution in [2.24, 2.45) is 0 Å². The molecule has 0 unspecified atom stereocenters. The Morgan fingerprint density at radius 3 is 2.52 bits per heavy atom. The minimum absolute atomic E-state index is 0.0568. The number of nitrogens with zero attached hydrogens (tertiary/aromatic N) is 1. The van der Waals surface area contributed by atoms with Crippen molar-refractivity contribution in [3.63, 3.8) is 0 Å². The van der Waals surface area contributed by atoms with Gasteiger partial charge in [0.1, 0.15) is 0 Å². The monoisotopic (exact) mass is 480 g/mol. The largest absolute Gasteiger partial charge is 0.452 e. The lowest BCUT2D eigenvalue weighted by Crippen LogP contribution is -2.31. The van der Waals surface area contributed by atoms with Crippen molar-refractivity contribution in [2.75, 3.05) is 24.0 Å². The molecule has 1 N–H and O–H groups in total. The van der Waals surface area contributed by atoms with Gasteiger partial charge in [-0.2, -0.15) is 13.2 Å². The van der Waals surface area contributed by atoms with Crippen molar-refractivity contribution >= 4 is 27.6 Å². The van der Waals surface area contributed by atoms with Crippen LogP contribution in [0.4, 0.5) is 18.9 Å². The average Bonchev–Trinajstić information content (AvgIpc) is 2.79. The molecule has 0 fully saturated rings. The lowest BCUT2D eigenvalue weighted by Gasteiger charge is -2.24. The molecule has 7 nitrogen and oxygen atoms in total. The van der Waals surface area contributed by atoms with Crippen LogP contribution in [0.1, 0.15) is 15.9 Å². The van der Waals surface area contributed by atoms with Gasteiger partial charge in [0, 0.05) is 0 Å². The summed E-state index contributed by atoms with van der Waals surface area (Å²) in [6.45, 7) is 2.44. The van der Waals surface area contributed by atoms with E-state index in [0.717, 1.165) is 22.5 Å². The second-order valence-electron chi connectivity index (χ2n) is 6.46. The van der Waals surface area contributed by atoms with Crippen LogP contribution in [0.25, 0.3) is 0 Å². The van der Waals surface area contributed by atoms with E-state index in [1.165, 1.54) is 30.3 Å². The number of halogens is 3. The molecule has 0 aliphatic carbocycles. The van der Waals surface area contributed by atoms with Crippen molar-refractivity contribution in [3.05, 3.63) is 72.3 Å². The molecule has 0 atom stereocenters. The summed E-state index contributed by atoms with van der Waals surface area (Å²) < 4.78 is 71.3. The topological polar surface area (TPSA) is 92.8 Å². The molecule has 2 aromatic rings. The zero-order valence-corrected chi connectivity index (χ0v) is 17.9. The molecule has 0 radical (unpaired) electrons. The molecule has 11 heteroatoms. The highest BCUT2D eigenvalue weighted by Crippen LogP contribution is 2.33. The highest BCUT2D eigenvalue weighted by atomic mass is 32.2. The summed E-state index contributed by atoms with van der Waals surface area (Å²) in [6.07, 6.45) is 1.55. The molecule has 0 aliphatic rings. The number of hydrogen-bond acceptors (Lipinski definition) is 5. The van der Waals surface area contributed by atoms with E-state index in [1.54, 1.807) is 0 Å². The van der Waals surface area contributed by atoms with Crippen LogP contribution in [0.3, 0.4) is 0 Å². The van der Waals surface area contributed by atoms with Crippen molar-refractivity contribution < 1.29 is 35.9 Å². The quantitative estimate of drug-likeness (QED) is 0.339. The van der Waals surface area contributed by atoms with E-state index in [9.17, 15) is 31.2 Å². The van der Waals surface area contributed by atoms with E-state index in [-0.39, 0.29) is 29.2 Å². The van der Waals surface area contributed by atoms with Crippen molar-refractivity contribution in [3.8, 4) is 12.3 Å². The van der Waals surface area contributed by atoms with E-state index < -0.39 is 40.2 Å². The van der Waals surface area contributed by atoms with Gasteiger partial charge in [0.2, 0.25) is 0 Å². The second-order valence-corrected chi connectivity index (χ2v) is 8.32. The van der Waals surface area contributed by atoms with Crippen LogP contribution in [0.15, 0.2) is 66.1 Å². The SMILES string of the molecule is C#CCNC(=O)COC(=O)c1cccc(S(=O)(=O)N(CC=C)c2cccc(C(F)(F)F)c2)c1. The maximum Gasteiger partial charge on any atom is 0.416 e. The Morgan fingerprint density at radius 1 is 1.18 bits per heavy atom. The maximum absolute atomic E-state index is 13.2. The first-order valence-corrected chi connectivity index (χ1v) is 10.7. The number of hydrogen-bond donors (Lipinski definition) is 1. The number of anilines is 1. The molecular formula is C22H19F3N2O5S. The van der Waals surface area contributed by atoms with Crippen LogP contribution in [-0.2, 0) is 25.7 Å². The zero-order valence-electron chi connectivity index (χ0n) is 17.1. The van der Waals surface area contributed by atoms with Gasteiger partial charge in [0.15, 0.2) is 6.61 Å². The van der Waals surface area contributed by atoms with E-state index in [0.29, 0.717) is 6.07 Å². The highest BCUT2D eigenvalue weighted by molar-refractivity contribution is 7.92. The third kappa shape index (κ3) is 6.60. The van der Waals surface area contributed by atoms with Gasteiger partial charge in [0.25, 0.3) is 15.9 Å². The summed E-state index contributed by atoms with van der Waals surface area (Å²) in [5.74, 6) is 0.554. The number of carbonyl (C=O) groups excluding carboxylic acids is 2. The number of sulfonamides is 1. The number of carbonyl (C=O) groups is 2. The number of terminal acetylenes is 1. The molecule has 174 valence electrons. The molecule has 0 bridgehead atoms. The van der Waals surface area contributed by atoms with Crippen LogP contribution in [0.2, 0.25) is 0 Å². The van der Waals surface area contributed by atoms with Gasteiger partial charge < -0.3 is 10.1 Å². The van der Waals surface area contributed by atoms with E-state index in [1.807, 2.05) is 0 Å². The van der Waals surface area contributed by atoms with E-state index in [2.05, 4.69) is 17.8 Å². The highest BCUT2D eigenvalue weighted by Gasteiger charge is 2.32. The van der Waals surface area contributed by atoms with Gasteiger partial charge in [-0.1, -0.05) is 24.1 Å². The standard InChI is InChI=1S/C22H19F3N2O5S/c1-3-11-26-20(28)15-32-21(29)16-7-5-10-19(13-16)33(30,31)27(12-4-2)18-9-6-8-17(14-18)22(23,24)25/h1,4-10,13-14H,2,11-12,15H2,(H,26,28). The lowest BCUT2D eigenvalue weighted by atomic mass is 10.2. The van der Waals surface area contributed by atoms with Crippen molar-refractivity contribution in [2.45, 2.75) is 11.1 Å².